The molecule has 1 saturated heterocycles. The Labute approximate surface area is 164 Å². The first-order valence-electron chi connectivity index (χ1n) is 9.00. The maximum Gasteiger partial charge on any atom is 0.229 e. The summed E-state index contributed by atoms with van der Waals surface area (Å²) in [6.07, 6.45) is 5.86. The lowest BCUT2D eigenvalue weighted by Gasteiger charge is -2.17. The zero-order valence-corrected chi connectivity index (χ0v) is 16.5. The van der Waals surface area contributed by atoms with Gasteiger partial charge in [0.1, 0.15) is 0 Å². The van der Waals surface area contributed by atoms with Crippen LogP contribution < -0.4 is 10.6 Å². The molecule has 3 aromatic rings. The van der Waals surface area contributed by atoms with Crippen LogP contribution in [0.5, 0.6) is 0 Å². The summed E-state index contributed by atoms with van der Waals surface area (Å²) in [6.45, 7) is 5.67. The average molecular weight is 389 g/mol. The monoisotopic (exact) mass is 388 g/mol. The van der Waals surface area contributed by atoms with Gasteiger partial charge in [0, 0.05) is 55.6 Å². The number of fused-ring (bicyclic) bond motifs is 1. The van der Waals surface area contributed by atoms with Gasteiger partial charge in [-0.05, 0) is 37.6 Å². The molecule has 0 aliphatic carbocycles. The second kappa shape index (κ2) is 7.70. The molecule has 1 aromatic carbocycles. The van der Waals surface area contributed by atoms with E-state index in [1.165, 1.54) is 0 Å². The van der Waals surface area contributed by atoms with Crippen molar-refractivity contribution >= 4 is 34.9 Å². The van der Waals surface area contributed by atoms with E-state index in [2.05, 4.69) is 34.7 Å². The van der Waals surface area contributed by atoms with Crippen LogP contribution in [0, 0.1) is 5.92 Å². The van der Waals surface area contributed by atoms with E-state index in [1.54, 1.807) is 4.68 Å². The SMILES string of the molecule is CC(C)n1cc2cc(NC(=O)[C@H]3CNC[C@@H]3c3cnn(C)c3)ccc2n1.Cl. The molecule has 2 aromatic heterocycles. The Morgan fingerprint density at radius 2 is 2.11 bits per heavy atom. The van der Waals surface area contributed by atoms with Gasteiger partial charge in [0.2, 0.25) is 5.91 Å². The molecular formula is C19H25ClN6O. The lowest BCUT2D eigenvalue weighted by atomic mass is 9.90. The predicted molar refractivity (Wildman–Crippen MR) is 108 cm³/mol. The summed E-state index contributed by atoms with van der Waals surface area (Å²) in [6, 6.07) is 6.17. The number of nitrogens with zero attached hydrogens (tertiary/aromatic N) is 4. The van der Waals surface area contributed by atoms with Gasteiger partial charge in [-0.15, -0.1) is 12.4 Å². The van der Waals surface area contributed by atoms with Crippen LogP contribution in [0.4, 0.5) is 5.69 Å². The van der Waals surface area contributed by atoms with Gasteiger partial charge in [-0.1, -0.05) is 0 Å². The smallest absolute Gasteiger partial charge is 0.229 e. The average Bonchev–Trinajstić information content (AvgIpc) is 3.32. The molecule has 4 rings (SSSR count). The van der Waals surface area contributed by atoms with Gasteiger partial charge in [-0.3, -0.25) is 14.2 Å². The van der Waals surface area contributed by atoms with E-state index in [4.69, 9.17) is 0 Å². The van der Waals surface area contributed by atoms with Crippen LogP contribution in [0.25, 0.3) is 10.9 Å². The van der Waals surface area contributed by atoms with Crippen molar-refractivity contribution in [1.29, 1.82) is 0 Å². The zero-order valence-electron chi connectivity index (χ0n) is 15.7. The first-order chi connectivity index (χ1) is 12.5. The van der Waals surface area contributed by atoms with Gasteiger partial charge < -0.3 is 10.6 Å². The number of carbonyl (C=O) groups is 1. The third-order valence-corrected chi connectivity index (χ3v) is 5.02. The predicted octanol–water partition coefficient (Wildman–Crippen LogP) is 2.71. The van der Waals surface area contributed by atoms with E-state index >= 15 is 0 Å². The number of rotatable bonds is 4. The minimum Gasteiger partial charge on any atom is -0.326 e. The van der Waals surface area contributed by atoms with Crippen molar-refractivity contribution in [1.82, 2.24) is 24.9 Å². The van der Waals surface area contributed by atoms with Crippen molar-refractivity contribution in [3.8, 4) is 0 Å². The molecule has 0 spiro atoms. The number of aromatic nitrogens is 4. The van der Waals surface area contributed by atoms with E-state index < -0.39 is 0 Å². The van der Waals surface area contributed by atoms with Crippen LogP contribution in [0.2, 0.25) is 0 Å². The Bertz CT molecular complexity index is 947. The van der Waals surface area contributed by atoms with Gasteiger partial charge in [0.15, 0.2) is 0 Å². The summed E-state index contributed by atoms with van der Waals surface area (Å²) in [5, 5.41) is 16.2. The summed E-state index contributed by atoms with van der Waals surface area (Å²) in [4.78, 5) is 12.9. The molecule has 2 N–H and O–H groups in total. The number of hydrogen-bond acceptors (Lipinski definition) is 4. The number of halogens is 1. The Morgan fingerprint density at radius 1 is 1.30 bits per heavy atom. The first kappa shape index (κ1) is 19.4. The summed E-state index contributed by atoms with van der Waals surface area (Å²) >= 11 is 0. The van der Waals surface area contributed by atoms with Crippen molar-refractivity contribution in [2.75, 3.05) is 18.4 Å². The van der Waals surface area contributed by atoms with Crippen LogP contribution in [0.15, 0.2) is 36.8 Å². The number of anilines is 1. The molecule has 0 bridgehead atoms. The fourth-order valence-electron chi connectivity index (χ4n) is 3.56. The van der Waals surface area contributed by atoms with Crippen molar-refractivity contribution in [2.24, 2.45) is 13.0 Å². The normalized spacial score (nSPS) is 19.4. The number of hydrogen-bond donors (Lipinski definition) is 2. The highest BCUT2D eigenvalue weighted by Crippen LogP contribution is 2.29. The molecule has 1 aliphatic rings. The molecule has 8 heteroatoms. The molecule has 0 unspecified atom stereocenters. The highest BCUT2D eigenvalue weighted by molar-refractivity contribution is 5.95. The second-order valence-electron chi connectivity index (χ2n) is 7.28. The maximum atomic E-state index is 12.9. The Balaban J connectivity index is 0.00000210. The van der Waals surface area contributed by atoms with Crippen molar-refractivity contribution in [3.05, 3.63) is 42.4 Å². The number of nitrogens with one attached hydrogen (secondary N) is 2. The minimum absolute atomic E-state index is 0. The van der Waals surface area contributed by atoms with Gasteiger partial charge in [-0.2, -0.15) is 10.2 Å². The Kier molecular flexibility index (Phi) is 5.53. The van der Waals surface area contributed by atoms with Gasteiger partial charge in [-0.25, -0.2) is 0 Å². The van der Waals surface area contributed by atoms with Crippen LogP contribution in [-0.2, 0) is 11.8 Å². The molecule has 2 atom stereocenters. The molecule has 0 saturated carbocycles. The summed E-state index contributed by atoms with van der Waals surface area (Å²) in [7, 11) is 1.90. The molecular weight excluding hydrogens is 364 g/mol. The molecule has 1 aliphatic heterocycles. The Morgan fingerprint density at radius 3 is 2.81 bits per heavy atom. The first-order valence-corrected chi connectivity index (χ1v) is 9.00. The molecule has 27 heavy (non-hydrogen) atoms. The summed E-state index contributed by atoms with van der Waals surface area (Å²) < 4.78 is 3.72. The van der Waals surface area contributed by atoms with Crippen LogP contribution in [0.3, 0.4) is 0 Å². The summed E-state index contributed by atoms with van der Waals surface area (Å²) in [5.74, 6) is 0.0869. The van der Waals surface area contributed by atoms with E-state index in [9.17, 15) is 4.79 Å². The highest BCUT2D eigenvalue weighted by atomic mass is 35.5. The molecule has 1 fully saturated rings. The maximum absolute atomic E-state index is 12.9. The fourth-order valence-corrected chi connectivity index (χ4v) is 3.56. The largest absolute Gasteiger partial charge is 0.326 e. The number of aryl methyl sites for hydroxylation is 1. The number of carbonyl (C=O) groups excluding carboxylic acids is 1. The van der Waals surface area contributed by atoms with Crippen molar-refractivity contribution in [3.63, 3.8) is 0 Å². The van der Waals surface area contributed by atoms with E-state index in [0.29, 0.717) is 12.6 Å². The number of amides is 1. The lowest BCUT2D eigenvalue weighted by molar-refractivity contribution is -0.119. The van der Waals surface area contributed by atoms with Crippen LogP contribution >= 0.6 is 12.4 Å². The standard InChI is InChI=1S/C19H24N6O.ClH/c1-12(2)25-11-13-6-15(4-5-18(13)23-25)22-19(26)17-9-20-8-16(17)14-7-21-24(3)10-14;/h4-7,10-12,16-17,20H,8-9H2,1-3H3,(H,22,26);1H/t16-,17+;/m1./s1. The quantitative estimate of drug-likeness (QED) is 0.720. The Hall–Kier alpha value is -2.38. The van der Waals surface area contributed by atoms with Gasteiger partial charge >= 0.3 is 0 Å². The molecule has 1 amide bonds. The van der Waals surface area contributed by atoms with Crippen molar-refractivity contribution in [2.45, 2.75) is 25.8 Å². The topological polar surface area (TPSA) is 76.8 Å². The second-order valence-corrected chi connectivity index (χ2v) is 7.28. The van der Waals surface area contributed by atoms with E-state index in [1.807, 2.05) is 48.5 Å². The molecule has 3 heterocycles. The van der Waals surface area contributed by atoms with E-state index in [0.717, 1.165) is 28.7 Å². The van der Waals surface area contributed by atoms with Gasteiger partial charge in [0.05, 0.1) is 17.6 Å². The molecule has 144 valence electrons. The van der Waals surface area contributed by atoms with E-state index in [-0.39, 0.29) is 30.2 Å². The van der Waals surface area contributed by atoms with Crippen LogP contribution in [-0.4, -0.2) is 38.6 Å². The third kappa shape index (κ3) is 3.84. The summed E-state index contributed by atoms with van der Waals surface area (Å²) in [5.41, 5.74) is 2.85. The lowest BCUT2D eigenvalue weighted by Crippen LogP contribution is -2.28. The number of benzene rings is 1. The fraction of sp³-hybridized carbons (Fsp3) is 0.421. The van der Waals surface area contributed by atoms with Gasteiger partial charge in [0.25, 0.3) is 0 Å². The third-order valence-electron chi connectivity index (χ3n) is 5.02. The van der Waals surface area contributed by atoms with Crippen molar-refractivity contribution < 1.29 is 4.79 Å². The molecule has 7 nitrogen and oxygen atoms in total. The zero-order chi connectivity index (χ0) is 18.3. The van der Waals surface area contributed by atoms with Crippen LogP contribution in [0.1, 0.15) is 31.4 Å². The highest BCUT2D eigenvalue weighted by Gasteiger charge is 2.34. The molecule has 0 radical (unpaired) electrons. The minimum atomic E-state index is -0.103.